The van der Waals surface area contributed by atoms with Crippen LogP contribution in [-0.2, 0) is 6.42 Å². The molecule has 1 aliphatic rings. The Labute approximate surface area is 220 Å². The van der Waals surface area contributed by atoms with Crippen LogP contribution in [0.3, 0.4) is 0 Å². The van der Waals surface area contributed by atoms with Crippen LogP contribution in [0.2, 0.25) is 4.34 Å². The fraction of sp³-hybridized carbons (Fsp3) is 0.458. The van der Waals surface area contributed by atoms with Gasteiger partial charge in [0.05, 0.1) is 29.7 Å². The molecule has 0 spiro atoms. The number of pyridine rings is 1. The second-order valence-electron chi connectivity index (χ2n) is 9.67. The molecule has 0 aromatic carbocycles. The third-order valence-electron chi connectivity index (χ3n) is 6.34. The van der Waals surface area contributed by atoms with Crippen LogP contribution in [0.5, 0.6) is 0 Å². The molecule has 9 nitrogen and oxygen atoms in total. The molecule has 3 atom stereocenters. The van der Waals surface area contributed by atoms with Crippen molar-refractivity contribution in [3.8, 4) is 11.4 Å². The highest BCUT2D eigenvalue weighted by molar-refractivity contribution is 7.17. The Hall–Kier alpha value is -2.96. The molecule has 0 radical (unpaired) electrons. The van der Waals surface area contributed by atoms with E-state index in [9.17, 15) is 18.7 Å². The molecule has 4 aromatic rings. The zero-order valence-corrected chi connectivity index (χ0v) is 21.8. The number of hydrogen-bond donors (Lipinski definition) is 2. The number of aliphatic hydroxyl groups excluding tert-OH is 1. The van der Waals surface area contributed by atoms with Gasteiger partial charge in [-0.15, -0.1) is 0 Å². The Kier molecular flexibility index (Phi) is 7.24. The average molecular weight is 550 g/mol. The van der Waals surface area contributed by atoms with Gasteiger partial charge in [0, 0.05) is 24.7 Å². The number of fused-ring (bicyclic) bond motifs is 1. The molecular formula is C24H26ClF2N7O2S. The molecule has 37 heavy (non-hydrogen) atoms. The first-order valence-corrected chi connectivity index (χ1v) is 13.2. The highest BCUT2D eigenvalue weighted by atomic mass is 35.5. The number of aromatic nitrogens is 6. The van der Waals surface area contributed by atoms with Gasteiger partial charge in [-0.25, -0.2) is 14.6 Å². The number of nitrogens with zero attached hydrogens (tertiary/aromatic N) is 6. The molecule has 1 saturated carbocycles. The largest absolute Gasteiger partial charge is 0.393 e. The van der Waals surface area contributed by atoms with E-state index >= 15 is 0 Å². The summed E-state index contributed by atoms with van der Waals surface area (Å²) in [6, 6.07) is 2.87. The Morgan fingerprint density at radius 2 is 2.05 bits per heavy atom. The van der Waals surface area contributed by atoms with Crippen molar-refractivity contribution in [3.05, 3.63) is 45.9 Å². The van der Waals surface area contributed by atoms with Crippen molar-refractivity contribution >= 4 is 39.9 Å². The molecule has 0 aliphatic heterocycles. The van der Waals surface area contributed by atoms with Crippen LogP contribution in [0.1, 0.15) is 61.3 Å². The molecule has 1 fully saturated rings. The molecule has 4 heterocycles. The number of imidazole rings is 1. The minimum atomic E-state index is -2.74. The van der Waals surface area contributed by atoms with Crippen molar-refractivity contribution in [2.24, 2.45) is 5.92 Å². The molecule has 1 amide bonds. The summed E-state index contributed by atoms with van der Waals surface area (Å²) in [6.45, 7) is 1.46. The second-order valence-corrected chi connectivity index (χ2v) is 11.3. The van der Waals surface area contributed by atoms with Gasteiger partial charge in [-0.3, -0.25) is 9.78 Å². The normalized spacial score (nSPS) is 20.3. The van der Waals surface area contributed by atoms with E-state index in [2.05, 4.69) is 38.8 Å². The minimum Gasteiger partial charge on any atom is -0.393 e. The van der Waals surface area contributed by atoms with Gasteiger partial charge in [0.25, 0.3) is 5.91 Å². The van der Waals surface area contributed by atoms with Crippen molar-refractivity contribution in [3.63, 3.8) is 0 Å². The van der Waals surface area contributed by atoms with Crippen LogP contribution in [0, 0.1) is 5.92 Å². The van der Waals surface area contributed by atoms with E-state index in [0.717, 1.165) is 22.7 Å². The zero-order chi connectivity index (χ0) is 26.3. The lowest BCUT2D eigenvalue weighted by atomic mass is 9.88. The Morgan fingerprint density at radius 1 is 1.24 bits per heavy atom. The van der Waals surface area contributed by atoms with Crippen LogP contribution in [0.25, 0.3) is 22.4 Å². The Balaban J connectivity index is 1.49. The van der Waals surface area contributed by atoms with E-state index < -0.39 is 12.7 Å². The number of nitrogens with one attached hydrogen (secondary N) is 1. The summed E-state index contributed by atoms with van der Waals surface area (Å²) in [6.07, 6.45) is 5.84. The number of carbonyl (C=O) groups excluding carboxylic acids is 1. The van der Waals surface area contributed by atoms with Crippen molar-refractivity contribution in [1.29, 1.82) is 0 Å². The summed E-state index contributed by atoms with van der Waals surface area (Å²) in [7, 11) is 0. The van der Waals surface area contributed by atoms with E-state index in [1.54, 1.807) is 12.3 Å². The lowest BCUT2D eigenvalue weighted by molar-refractivity contribution is 0.0568. The van der Waals surface area contributed by atoms with Gasteiger partial charge in [-0.1, -0.05) is 36.8 Å². The van der Waals surface area contributed by atoms with E-state index in [0.29, 0.717) is 57.5 Å². The minimum absolute atomic E-state index is 0.151. The van der Waals surface area contributed by atoms with Gasteiger partial charge in [0.2, 0.25) is 0 Å². The van der Waals surface area contributed by atoms with Crippen LogP contribution in [0.15, 0.2) is 30.7 Å². The zero-order valence-electron chi connectivity index (χ0n) is 20.2. The predicted octanol–water partition coefficient (Wildman–Crippen LogP) is 4.88. The number of rotatable bonds is 7. The van der Waals surface area contributed by atoms with Crippen molar-refractivity contribution in [2.45, 2.75) is 64.3 Å². The lowest BCUT2D eigenvalue weighted by Gasteiger charge is -2.34. The quantitative estimate of drug-likeness (QED) is 0.340. The molecule has 1 aliphatic carbocycles. The SMILES string of the molecule is CC(C)Cc1nc2cnc(-c3ccn(C(F)F)n3)cc2n1[C@@H]1C[C@@H](O)C[C@H](NC(=O)c2ncc(Cl)s2)C1. The molecule has 0 bridgehead atoms. The highest BCUT2D eigenvalue weighted by Crippen LogP contribution is 2.35. The highest BCUT2D eigenvalue weighted by Gasteiger charge is 2.33. The summed E-state index contributed by atoms with van der Waals surface area (Å²) in [5, 5.41) is 18.0. The van der Waals surface area contributed by atoms with Gasteiger partial charge in [0.1, 0.15) is 21.4 Å². The number of halogens is 3. The van der Waals surface area contributed by atoms with Gasteiger partial charge in [0.15, 0.2) is 5.01 Å². The third kappa shape index (κ3) is 5.51. The summed E-state index contributed by atoms with van der Waals surface area (Å²) in [5.74, 6) is 0.843. The third-order valence-corrected chi connectivity index (χ3v) is 7.45. The maximum atomic E-state index is 13.1. The van der Waals surface area contributed by atoms with E-state index in [4.69, 9.17) is 16.6 Å². The van der Waals surface area contributed by atoms with Gasteiger partial charge >= 0.3 is 6.55 Å². The fourth-order valence-corrected chi connectivity index (χ4v) is 5.70. The number of carbonyl (C=O) groups is 1. The molecule has 2 N–H and O–H groups in total. The van der Waals surface area contributed by atoms with Crippen molar-refractivity contribution < 1.29 is 18.7 Å². The predicted molar refractivity (Wildman–Crippen MR) is 136 cm³/mol. The molecule has 4 aromatic heterocycles. The topological polar surface area (TPSA) is 111 Å². The molecule has 196 valence electrons. The lowest BCUT2D eigenvalue weighted by Crippen LogP contribution is -2.43. The number of alkyl halides is 2. The first-order valence-electron chi connectivity index (χ1n) is 12.0. The van der Waals surface area contributed by atoms with Gasteiger partial charge in [-0.2, -0.15) is 13.9 Å². The average Bonchev–Trinajstić information content (AvgIpc) is 3.56. The maximum absolute atomic E-state index is 13.1. The van der Waals surface area contributed by atoms with E-state index in [-0.39, 0.29) is 23.0 Å². The first-order chi connectivity index (χ1) is 17.7. The number of aliphatic hydroxyl groups is 1. The molecular weight excluding hydrogens is 524 g/mol. The summed E-state index contributed by atoms with van der Waals surface area (Å²) < 4.78 is 29.2. The molecule has 0 unspecified atom stereocenters. The van der Waals surface area contributed by atoms with Crippen LogP contribution < -0.4 is 5.32 Å². The van der Waals surface area contributed by atoms with E-state index in [1.807, 2.05) is 0 Å². The van der Waals surface area contributed by atoms with Crippen molar-refractivity contribution in [2.75, 3.05) is 0 Å². The van der Waals surface area contributed by atoms with Gasteiger partial charge < -0.3 is 15.0 Å². The Morgan fingerprint density at radius 3 is 2.73 bits per heavy atom. The molecule has 13 heteroatoms. The summed E-state index contributed by atoms with van der Waals surface area (Å²) in [4.78, 5) is 26.0. The van der Waals surface area contributed by atoms with Crippen LogP contribution in [-0.4, -0.2) is 52.5 Å². The number of hydrogen-bond acceptors (Lipinski definition) is 7. The summed E-state index contributed by atoms with van der Waals surface area (Å²) >= 11 is 7.03. The smallest absolute Gasteiger partial charge is 0.333 e. The van der Waals surface area contributed by atoms with Crippen LogP contribution >= 0.6 is 22.9 Å². The fourth-order valence-electron chi connectivity index (χ4n) is 4.88. The second kappa shape index (κ2) is 10.4. The van der Waals surface area contributed by atoms with Gasteiger partial charge in [-0.05, 0) is 37.3 Å². The maximum Gasteiger partial charge on any atom is 0.333 e. The van der Waals surface area contributed by atoms with Crippen LogP contribution in [0.4, 0.5) is 8.78 Å². The molecule has 5 rings (SSSR count). The Bertz CT molecular complexity index is 1420. The number of thiazole rings is 1. The monoisotopic (exact) mass is 549 g/mol. The first kappa shape index (κ1) is 25.7. The summed E-state index contributed by atoms with van der Waals surface area (Å²) in [5.41, 5.74) is 2.23. The van der Waals surface area contributed by atoms with Crippen molar-refractivity contribution in [1.82, 2.24) is 34.6 Å². The molecule has 0 saturated heterocycles. The number of amides is 1. The standard InChI is InChI=1S/C24H26ClF2N7O2S/c1-12(2)5-21-31-18-10-28-17(16-3-4-33(32-16)24(26)27)9-19(18)34(21)14-6-13(7-15(35)8-14)30-22(36)23-29-11-20(25)37-23/h3-4,9-15,24,35H,5-8H2,1-2H3,(H,30,36)/t13-,14+,15+/m1/s1. The van der Waals surface area contributed by atoms with E-state index in [1.165, 1.54) is 18.5 Å².